The quantitative estimate of drug-likeness (QED) is 0.169. The number of para-hydroxylation sites is 1. The summed E-state index contributed by atoms with van der Waals surface area (Å²) in [6, 6.07) is 2.80. The van der Waals surface area contributed by atoms with Crippen LogP contribution in [-0.4, -0.2) is 63.9 Å². The van der Waals surface area contributed by atoms with Gasteiger partial charge in [-0.25, -0.2) is 4.79 Å². The van der Waals surface area contributed by atoms with Crippen molar-refractivity contribution in [2.75, 3.05) is 0 Å². The van der Waals surface area contributed by atoms with Gasteiger partial charge in [0.15, 0.2) is 0 Å². The van der Waals surface area contributed by atoms with Gasteiger partial charge >= 0.3 is 5.97 Å². The number of carboxylic acid groups (broad SMARTS) is 1. The van der Waals surface area contributed by atoms with Crippen LogP contribution in [0.2, 0.25) is 0 Å². The van der Waals surface area contributed by atoms with E-state index in [0.29, 0.717) is 12.0 Å². The molecule has 1 heterocycles. The van der Waals surface area contributed by atoms with Crippen LogP contribution in [-0.2, 0) is 30.4 Å². The van der Waals surface area contributed by atoms with E-state index < -0.39 is 60.2 Å². The number of aromatic nitrogens is 1. The molecule has 12 nitrogen and oxygen atoms in total. The highest BCUT2D eigenvalue weighted by Crippen LogP contribution is 2.19. The number of aliphatic carboxylic acids is 1. The van der Waals surface area contributed by atoms with Gasteiger partial charge in [-0.3, -0.25) is 19.2 Å². The second-order valence-electron chi connectivity index (χ2n) is 10.3. The third-order valence-electron chi connectivity index (χ3n) is 6.65. The predicted octanol–water partition coefficient (Wildman–Crippen LogP) is 0.544. The molecule has 0 saturated heterocycles. The Morgan fingerprint density at radius 1 is 0.923 bits per heavy atom. The highest BCUT2D eigenvalue weighted by atomic mass is 16.4. The van der Waals surface area contributed by atoms with Gasteiger partial charge < -0.3 is 37.5 Å². The first-order valence-electron chi connectivity index (χ1n) is 13.1. The molecule has 214 valence electrons. The normalized spacial score (nSPS) is 15.1. The van der Waals surface area contributed by atoms with E-state index in [4.69, 9.17) is 11.5 Å². The van der Waals surface area contributed by atoms with E-state index in [1.54, 1.807) is 6.20 Å². The monoisotopic (exact) mass is 544 g/mol. The number of amides is 4. The molecule has 0 aliphatic rings. The molecule has 0 aliphatic carbocycles. The first kappa shape index (κ1) is 31.3. The van der Waals surface area contributed by atoms with Gasteiger partial charge in [0, 0.05) is 23.5 Å². The van der Waals surface area contributed by atoms with Crippen molar-refractivity contribution in [1.82, 2.24) is 20.9 Å². The minimum atomic E-state index is -1.57. The summed E-state index contributed by atoms with van der Waals surface area (Å²) in [4.78, 5) is 65.6. The summed E-state index contributed by atoms with van der Waals surface area (Å²) in [7, 11) is 0. The van der Waals surface area contributed by atoms with Gasteiger partial charge in [-0.1, -0.05) is 52.3 Å². The van der Waals surface area contributed by atoms with Gasteiger partial charge in [-0.2, -0.15) is 0 Å². The second-order valence-corrected chi connectivity index (χ2v) is 10.3. The van der Waals surface area contributed by atoms with E-state index in [1.165, 1.54) is 0 Å². The molecular formula is C27H40N6O6. The molecule has 5 unspecified atom stereocenters. The third-order valence-corrected chi connectivity index (χ3v) is 6.65. The summed E-state index contributed by atoms with van der Waals surface area (Å²) in [6.45, 7) is 7.53. The topological polar surface area (TPSA) is 209 Å². The average Bonchev–Trinajstić information content (AvgIpc) is 3.28. The highest BCUT2D eigenvalue weighted by Gasteiger charge is 2.32. The van der Waals surface area contributed by atoms with Crippen LogP contribution in [0.25, 0.3) is 10.9 Å². The number of carbonyl (C=O) groups excluding carboxylic acids is 4. The number of nitrogens with two attached hydrogens (primary N) is 2. The van der Waals surface area contributed by atoms with Crippen LogP contribution in [0.5, 0.6) is 0 Å². The van der Waals surface area contributed by atoms with Crippen molar-refractivity contribution in [2.24, 2.45) is 23.3 Å². The number of fused-ring (bicyclic) bond motifs is 1. The molecular weight excluding hydrogens is 504 g/mol. The Hall–Kier alpha value is -3.93. The molecule has 1 aromatic carbocycles. The molecule has 1 aromatic heterocycles. The number of aromatic amines is 1. The molecule has 0 saturated carbocycles. The molecule has 0 spiro atoms. The number of rotatable bonds is 15. The van der Waals surface area contributed by atoms with Gasteiger partial charge in [0.05, 0.1) is 12.5 Å². The summed E-state index contributed by atoms with van der Waals surface area (Å²) in [5.74, 6) is -4.33. The van der Waals surface area contributed by atoms with Crippen LogP contribution in [0.4, 0.5) is 0 Å². The smallest absolute Gasteiger partial charge is 0.326 e. The number of carbonyl (C=O) groups is 5. The lowest BCUT2D eigenvalue weighted by molar-refractivity contribution is -0.143. The van der Waals surface area contributed by atoms with Crippen molar-refractivity contribution in [3.05, 3.63) is 36.0 Å². The Morgan fingerprint density at radius 2 is 1.51 bits per heavy atom. The van der Waals surface area contributed by atoms with Crippen molar-refractivity contribution in [2.45, 2.75) is 77.5 Å². The number of nitrogens with one attached hydrogen (secondary N) is 4. The van der Waals surface area contributed by atoms with E-state index in [2.05, 4.69) is 20.9 Å². The standard InChI is InChI=1S/C27H40N6O6/c1-5-15(4)23(29)26(37)32-19(10-14(2)3)24(35)31-20(25(36)33-21(27(38)39)12-22(28)34)11-16-13-30-18-9-7-6-8-17(16)18/h6-9,13-15,19-21,23,30H,5,10-12,29H2,1-4H3,(H2,28,34)(H,31,35)(H,32,37)(H,33,36)(H,38,39). The van der Waals surface area contributed by atoms with E-state index in [9.17, 15) is 29.1 Å². The van der Waals surface area contributed by atoms with Crippen LogP contribution in [0.15, 0.2) is 30.5 Å². The Bertz CT molecular complexity index is 1180. The average molecular weight is 545 g/mol. The van der Waals surface area contributed by atoms with Gasteiger partial charge in [-0.15, -0.1) is 0 Å². The number of hydrogen-bond donors (Lipinski definition) is 7. The van der Waals surface area contributed by atoms with E-state index >= 15 is 0 Å². The minimum Gasteiger partial charge on any atom is -0.480 e. The summed E-state index contributed by atoms with van der Waals surface area (Å²) in [6.07, 6.45) is 2.06. The molecule has 4 amide bonds. The molecule has 0 radical (unpaired) electrons. The zero-order chi connectivity index (χ0) is 29.3. The van der Waals surface area contributed by atoms with Crippen LogP contribution in [0.1, 0.15) is 52.5 Å². The second kappa shape index (κ2) is 14.3. The zero-order valence-corrected chi connectivity index (χ0v) is 22.8. The highest BCUT2D eigenvalue weighted by molar-refractivity contribution is 5.95. The molecule has 9 N–H and O–H groups in total. The van der Waals surface area contributed by atoms with E-state index in [0.717, 1.165) is 10.9 Å². The lowest BCUT2D eigenvalue weighted by Gasteiger charge is -2.27. The Labute approximate surface area is 227 Å². The number of primary amides is 1. The van der Waals surface area contributed by atoms with E-state index in [-0.39, 0.29) is 24.7 Å². The molecule has 0 aliphatic heterocycles. The fourth-order valence-electron chi connectivity index (χ4n) is 4.16. The van der Waals surface area contributed by atoms with E-state index in [1.807, 2.05) is 52.0 Å². The number of benzene rings is 1. The van der Waals surface area contributed by atoms with Crippen molar-refractivity contribution < 1.29 is 29.1 Å². The minimum absolute atomic E-state index is 0.0131. The maximum absolute atomic E-state index is 13.4. The van der Waals surface area contributed by atoms with Gasteiger partial charge in [-0.05, 0) is 29.9 Å². The van der Waals surface area contributed by atoms with Gasteiger partial charge in [0.1, 0.15) is 18.1 Å². The van der Waals surface area contributed by atoms with Crippen LogP contribution < -0.4 is 27.4 Å². The fraction of sp³-hybridized carbons (Fsp3) is 0.519. The predicted molar refractivity (Wildman–Crippen MR) is 146 cm³/mol. The molecule has 2 rings (SSSR count). The summed E-state index contributed by atoms with van der Waals surface area (Å²) < 4.78 is 0. The van der Waals surface area contributed by atoms with Crippen molar-refractivity contribution in [1.29, 1.82) is 0 Å². The van der Waals surface area contributed by atoms with Gasteiger partial charge in [0.25, 0.3) is 0 Å². The molecule has 39 heavy (non-hydrogen) atoms. The van der Waals surface area contributed by atoms with Crippen LogP contribution in [0.3, 0.4) is 0 Å². The lowest BCUT2D eigenvalue weighted by atomic mass is 9.97. The Kier molecular flexibility index (Phi) is 11.5. The molecule has 0 fully saturated rings. The van der Waals surface area contributed by atoms with Crippen molar-refractivity contribution in [3.8, 4) is 0 Å². The fourth-order valence-corrected chi connectivity index (χ4v) is 4.16. The summed E-state index contributed by atoms with van der Waals surface area (Å²) >= 11 is 0. The molecule has 0 bridgehead atoms. The number of H-pyrrole nitrogens is 1. The molecule has 5 atom stereocenters. The number of carboxylic acids is 1. The first-order chi connectivity index (χ1) is 18.3. The van der Waals surface area contributed by atoms with Crippen molar-refractivity contribution >= 4 is 40.5 Å². The van der Waals surface area contributed by atoms with Crippen molar-refractivity contribution in [3.63, 3.8) is 0 Å². The first-order valence-corrected chi connectivity index (χ1v) is 13.1. The summed E-state index contributed by atoms with van der Waals surface area (Å²) in [5, 5.41) is 18.0. The lowest BCUT2D eigenvalue weighted by Crippen LogP contribution is -2.58. The zero-order valence-electron chi connectivity index (χ0n) is 22.8. The Balaban J connectivity index is 2.34. The van der Waals surface area contributed by atoms with Gasteiger partial charge in [0.2, 0.25) is 23.6 Å². The maximum Gasteiger partial charge on any atom is 0.326 e. The largest absolute Gasteiger partial charge is 0.480 e. The summed E-state index contributed by atoms with van der Waals surface area (Å²) in [5.41, 5.74) is 12.7. The maximum atomic E-state index is 13.4. The molecule has 2 aromatic rings. The molecule has 12 heteroatoms. The SMILES string of the molecule is CCC(C)C(N)C(=O)NC(CC(C)C)C(=O)NC(Cc1c[nH]c2ccccc12)C(=O)NC(CC(N)=O)C(=O)O. The Morgan fingerprint density at radius 3 is 2.10 bits per heavy atom. The number of hydrogen-bond acceptors (Lipinski definition) is 6. The van der Waals surface area contributed by atoms with Crippen LogP contribution in [0, 0.1) is 11.8 Å². The third kappa shape index (κ3) is 9.10. The van der Waals surface area contributed by atoms with Crippen LogP contribution >= 0.6 is 0 Å².